The van der Waals surface area contributed by atoms with Crippen LogP contribution in [0.15, 0.2) is 54.6 Å². The SMILES string of the molecule is CCC(=O)Cc1ccc(C2=c3cc4c(cc3Oc3cc5c(cc32)C(CS(=O)(=O)O)=CC(C)(C)N5)=CC(C)(C)C=C4CS(=O)(=O)O)c(C(=O)O)c1. The Morgan fingerprint density at radius 3 is 2.06 bits per heavy atom. The number of anilines is 1. The fraction of sp³-hybridized carbons (Fsp3) is 0.297. The van der Waals surface area contributed by atoms with Gasteiger partial charge in [0, 0.05) is 51.9 Å². The molecule has 11 nitrogen and oxygen atoms in total. The number of ketones is 1. The molecule has 0 bridgehead atoms. The minimum atomic E-state index is -4.45. The molecule has 6 rings (SSSR count). The third-order valence-corrected chi connectivity index (χ3v) is 10.2. The maximum atomic E-state index is 12.9. The zero-order valence-electron chi connectivity index (χ0n) is 28.1. The minimum Gasteiger partial charge on any atom is -0.478 e. The zero-order chi connectivity index (χ0) is 36.6. The Balaban J connectivity index is 1.72. The van der Waals surface area contributed by atoms with Gasteiger partial charge in [0.15, 0.2) is 0 Å². The van der Waals surface area contributed by atoms with Crippen LogP contribution in [0.1, 0.15) is 79.2 Å². The second-order valence-electron chi connectivity index (χ2n) is 14.2. The summed E-state index contributed by atoms with van der Waals surface area (Å²) < 4.78 is 74.7. The topological polar surface area (TPSA) is 184 Å². The monoisotopic (exact) mass is 719 g/mol. The number of fused-ring (bicyclic) bond motifs is 4. The van der Waals surface area contributed by atoms with Crippen LogP contribution in [0.3, 0.4) is 0 Å². The number of carbonyl (C=O) groups is 2. The minimum absolute atomic E-state index is 0.0460. The van der Waals surface area contributed by atoms with E-state index in [0.29, 0.717) is 66.6 Å². The Labute approximate surface area is 290 Å². The van der Waals surface area contributed by atoms with Crippen molar-refractivity contribution < 1.29 is 45.4 Å². The van der Waals surface area contributed by atoms with Crippen LogP contribution in [0.25, 0.3) is 22.8 Å². The maximum Gasteiger partial charge on any atom is 0.336 e. The lowest BCUT2D eigenvalue weighted by Crippen LogP contribution is -2.33. The van der Waals surface area contributed by atoms with E-state index in [1.807, 2.05) is 33.8 Å². The molecule has 1 aliphatic carbocycles. The van der Waals surface area contributed by atoms with E-state index in [-0.39, 0.29) is 29.8 Å². The molecule has 0 saturated carbocycles. The van der Waals surface area contributed by atoms with Gasteiger partial charge in [-0.1, -0.05) is 51.1 Å². The van der Waals surface area contributed by atoms with Crippen molar-refractivity contribution in [2.45, 2.75) is 53.0 Å². The van der Waals surface area contributed by atoms with Crippen molar-refractivity contribution in [3.63, 3.8) is 0 Å². The molecule has 0 amide bonds. The number of carbonyl (C=O) groups excluding carboxylic acids is 1. The van der Waals surface area contributed by atoms with E-state index in [1.54, 1.807) is 55.5 Å². The molecule has 3 aromatic rings. The van der Waals surface area contributed by atoms with Crippen molar-refractivity contribution in [3.05, 3.63) is 98.4 Å². The second kappa shape index (κ2) is 12.0. The van der Waals surface area contributed by atoms with E-state index in [2.05, 4.69) is 5.32 Å². The van der Waals surface area contributed by atoms with Gasteiger partial charge in [-0.3, -0.25) is 13.9 Å². The standard InChI is InChI=1S/C37H37NO10S2/c1-6-24(39)9-20-7-8-25(28(10-20)35(40)41)34-29-12-26-21(15-36(2,3)16-22(26)18-49(42,43)44)11-32(29)48-33-14-31-27(13-30(33)34)23(19-50(45,46)47)17-37(4,5)38-31/h7-8,10-17,38H,6,9,18-19H2,1-5H3,(H,40,41)(H,42,43,44)(H,45,46,47). The smallest absolute Gasteiger partial charge is 0.336 e. The molecule has 3 aromatic carbocycles. The Hall–Kier alpha value is -4.56. The van der Waals surface area contributed by atoms with Gasteiger partial charge in [0.25, 0.3) is 20.2 Å². The van der Waals surface area contributed by atoms with Crippen LogP contribution in [0, 0.1) is 5.41 Å². The summed E-state index contributed by atoms with van der Waals surface area (Å²) in [5, 5.41) is 14.9. The number of hydrogen-bond donors (Lipinski definition) is 4. The third-order valence-electron chi connectivity index (χ3n) is 8.84. The number of hydrogen-bond acceptors (Lipinski definition) is 8. The van der Waals surface area contributed by atoms with Crippen molar-refractivity contribution in [1.82, 2.24) is 0 Å². The average Bonchev–Trinajstić information content (AvgIpc) is 2.95. The first-order valence-corrected chi connectivity index (χ1v) is 19.1. The van der Waals surface area contributed by atoms with Gasteiger partial charge >= 0.3 is 5.97 Å². The summed E-state index contributed by atoms with van der Waals surface area (Å²) in [6, 6.07) is 11.6. The number of ether oxygens (including phenoxy) is 1. The number of rotatable bonds is 9. The Morgan fingerprint density at radius 2 is 1.44 bits per heavy atom. The fourth-order valence-electron chi connectivity index (χ4n) is 7.00. The van der Waals surface area contributed by atoms with Gasteiger partial charge in [0.2, 0.25) is 0 Å². The van der Waals surface area contributed by atoms with Crippen LogP contribution in [0.5, 0.6) is 11.5 Å². The van der Waals surface area contributed by atoms with E-state index in [4.69, 9.17) is 4.74 Å². The summed E-state index contributed by atoms with van der Waals surface area (Å²) in [7, 11) is -8.88. The molecule has 0 fully saturated rings. The van der Waals surface area contributed by atoms with E-state index >= 15 is 0 Å². The Morgan fingerprint density at radius 1 is 0.780 bits per heavy atom. The number of carboxylic acids is 1. The highest BCUT2D eigenvalue weighted by atomic mass is 32.2. The molecule has 0 unspecified atom stereocenters. The van der Waals surface area contributed by atoms with Crippen molar-refractivity contribution in [3.8, 4) is 11.5 Å². The highest BCUT2D eigenvalue weighted by molar-refractivity contribution is 7.86. The number of allylic oxidation sites excluding steroid dienone is 1. The Bertz CT molecular complexity index is 2440. The first-order valence-electron chi connectivity index (χ1n) is 15.9. The normalized spacial score (nSPS) is 17.0. The predicted octanol–water partition coefficient (Wildman–Crippen LogP) is 4.83. The molecular formula is C37H37NO10S2. The fourth-order valence-corrected chi connectivity index (χ4v) is 8.27. The quantitative estimate of drug-likeness (QED) is 0.174. The van der Waals surface area contributed by atoms with Crippen molar-refractivity contribution in [2.75, 3.05) is 16.8 Å². The lowest BCUT2D eigenvalue weighted by molar-refractivity contribution is -0.118. The molecule has 50 heavy (non-hydrogen) atoms. The van der Waals surface area contributed by atoms with Crippen molar-refractivity contribution in [1.29, 1.82) is 0 Å². The molecule has 2 heterocycles. The number of aromatic carboxylic acids is 1. The highest BCUT2D eigenvalue weighted by Gasteiger charge is 2.32. The molecular weight excluding hydrogens is 683 g/mol. The Kier molecular flexibility index (Phi) is 8.50. The van der Waals surface area contributed by atoms with Crippen LogP contribution < -0.4 is 20.5 Å². The first-order chi connectivity index (χ1) is 23.1. The van der Waals surface area contributed by atoms with E-state index in [0.717, 1.165) is 0 Å². The van der Waals surface area contributed by atoms with Gasteiger partial charge in [-0.15, -0.1) is 0 Å². The number of Topliss-reactive ketones (excluding diaryl/α,β-unsaturated/α-hetero) is 1. The van der Waals surface area contributed by atoms with E-state index in [9.17, 15) is 40.6 Å². The molecule has 0 spiro atoms. The molecule has 4 N–H and O–H groups in total. The van der Waals surface area contributed by atoms with Crippen LogP contribution in [-0.4, -0.2) is 59.8 Å². The molecule has 2 aliphatic heterocycles. The van der Waals surface area contributed by atoms with Crippen LogP contribution in [0.4, 0.5) is 5.69 Å². The van der Waals surface area contributed by atoms with Gasteiger partial charge in [0.1, 0.15) is 28.8 Å². The lowest BCUT2D eigenvalue weighted by Gasteiger charge is -2.34. The molecule has 13 heteroatoms. The first kappa shape index (κ1) is 35.3. The third kappa shape index (κ3) is 7.17. The lowest BCUT2D eigenvalue weighted by atomic mass is 9.81. The van der Waals surface area contributed by atoms with Crippen LogP contribution in [0.2, 0.25) is 0 Å². The van der Waals surface area contributed by atoms with Gasteiger partial charge in [-0.25, -0.2) is 4.79 Å². The van der Waals surface area contributed by atoms with Crippen LogP contribution >= 0.6 is 0 Å². The summed E-state index contributed by atoms with van der Waals surface area (Å²) >= 11 is 0. The molecule has 262 valence electrons. The van der Waals surface area contributed by atoms with Crippen LogP contribution in [-0.2, 0) is 31.5 Å². The van der Waals surface area contributed by atoms with Crippen molar-refractivity contribution >= 4 is 60.5 Å². The highest BCUT2D eigenvalue weighted by Crippen LogP contribution is 2.45. The number of nitrogens with one attached hydrogen (secondary N) is 1. The summed E-state index contributed by atoms with van der Waals surface area (Å²) in [4.78, 5) is 25.2. The molecule has 0 radical (unpaired) electrons. The second-order valence-corrected chi connectivity index (χ2v) is 17.1. The summed E-state index contributed by atoms with van der Waals surface area (Å²) in [6.45, 7) is 9.21. The maximum absolute atomic E-state index is 12.9. The predicted molar refractivity (Wildman–Crippen MR) is 191 cm³/mol. The van der Waals surface area contributed by atoms with Gasteiger partial charge < -0.3 is 15.2 Å². The van der Waals surface area contributed by atoms with Gasteiger partial charge in [-0.2, -0.15) is 16.8 Å². The number of carboxylic acid groups (broad SMARTS) is 1. The zero-order valence-corrected chi connectivity index (χ0v) is 29.8. The largest absolute Gasteiger partial charge is 0.478 e. The number of benzene rings is 3. The van der Waals surface area contributed by atoms with Gasteiger partial charge in [-0.05, 0) is 71.2 Å². The average molecular weight is 720 g/mol. The molecule has 0 atom stereocenters. The van der Waals surface area contributed by atoms with E-state index in [1.165, 1.54) is 6.07 Å². The summed E-state index contributed by atoms with van der Waals surface area (Å²) in [6.07, 6.45) is 5.73. The summed E-state index contributed by atoms with van der Waals surface area (Å²) in [5.74, 6) is -1.93. The molecule has 0 aromatic heterocycles. The van der Waals surface area contributed by atoms with E-state index < -0.39 is 48.7 Å². The summed E-state index contributed by atoms with van der Waals surface area (Å²) in [5.41, 5.74) is 2.42. The molecule has 3 aliphatic rings. The van der Waals surface area contributed by atoms with Crippen molar-refractivity contribution in [2.24, 2.45) is 5.41 Å². The van der Waals surface area contributed by atoms with Gasteiger partial charge in [0.05, 0.1) is 11.1 Å². The molecule has 0 saturated heterocycles.